The number of ether oxygens (including phenoxy) is 3. The highest BCUT2D eigenvalue weighted by molar-refractivity contribution is 7.13. The molecule has 11 rings (SSSR count). The SMILES string of the molecule is Cc1ncsc1-c1cc(F)c([C@@H](C)NC(=O)[C@@H]2C[C@@H](O)CN2C(=O)[C@@H](c2cc(OCCN3CCC(OC4CC(Oc5cc(N6C7CC[C@@H]6CN(c6cc(-c8ccccc8O)nnc6N)C7)ccn5)C4)CC3)no2)C(C)C)cn1. The first-order valence-electron chi connectivity index (χ1n) is 27.1. The van der Waals surface area contributed by atoms with Gasteiger partial charge in [0.05, 0.1) is 57.5 Å². The van der Waals surface area contributed by atoms with Crippen LogP contribution in [0.15, 0.2) is 77.0 Å². The number of aliphatic hydroxyl groups is 1. The summed E-state index contributed by atoms with van der Waals surface area (Å²) in [5, 5.41) is 36.7. The number of nitrogen functional groups attached to an aromatic ring is 1. The zero-order valence-electron chi connectivity index (χ0n) is 44.3. The number of piperazine rings is 1. The third kappa shape index (κ3) is 11.3. The first kappa shape index (κ1) is 53.0. The summed E-state index contributed by atoms with van der Waals surface area (Å²) >= 11 is 1.37. The molecule has 5 aliphatic rings. The Balaban J connectivity index is 0.604. The van der Waals surface area contributed by atoms with E-state index in [1.807, 2.05) is 45.2 Å². The molecule has 20 nitrogen and oxygen atoms in total. The summed E-state index contributed by atoms with van der Waals surface area (Å²) in [5.74, 6) is -0.712. The van der Waals surface area contributed by atoms with Crippen LogP contribution in [0.3, 0.4) is 0 Å². The molecule has 1 saturated carbocycles. The number of carbonyl (C=O) groups excluding carboxylic acids is 2. The van der Waals surface area contributed by atoms with Crippen LogP contribution in [-0.2, 0) is 14.3 Å². The summed E-state index contributed by atoms with van der Waals surface area (Å²) < 4.78 is 40.0. The number of thiazole rings is 1. The number of benzene rings is 1. The molecule has 0 spiro atoms. The lowest BCUT2D eigenvalue weighted by atomic mass is 9.91. The first-order chi connectivity index (χ1) is 37.7. The Bertz CT molecular complexity index is 3080. The van der Waals surface area contributed by atoms with E-state index in [1.54, 1.807) is 30.6 Å². The summed E-state index contributed by atoms with van der Waals surface area (Å²) in [6, 6.07) is 15.0. The summed E-state index contributed by atoms with van der Waals surface area (Å²) in [4.78, 5) is 50.5. The molecule has 5 aromatic heterocycles. The van der Waals surface area contributed by atoms with E-state index in [0.29, 0.717) is 47.6 Å². The van der Waals surface area contributed by atoms with Gasteiger partial charge in [-0.2, -0.15) is 0 Å². The number of piperidine rings is 1. The van der Waals surface area contributed by atoms with Crippen LogP contribution >= 0.6 is 11.3 Å². The van der Waals surface area contributed by atoms with Crippen molar-refractivity contribution in [1.29, 1.82) is 0 Å². The van der Waals surface area contributed by atoms with Crippen molar-refractivity contribution in [3.8, 4) is 39.3 Å². The van der Waals surface area contributed by atoms with Gasteiger partial charge in [-0.05, 0) is 74.9 Å². The van der Waals surface area contributed by atoms with Gasteiger partial charge < -0.3 is 54.7 Å². The number of rotatable bonds is 18. The van der Waals surface area contributed by atoms with Crippen LogP contribution in [0.25, 0.3) is 21.8 Å². The van der Waals surface area contributed by atoms with E-state index >= 15 is 4.39 Å². The number of nitrogens with zero attached hydrogens (tertiary/aromatic N) is 10. The highest BCUT2D eigenvalue weighted by Crippen LogP contribution is 2.41. The molecule has 1 aliphatic carbocycles. The van der Waals surface area contributed by atoms with Gasteiger partial charge in [-0.3, -0.25) is 19.5 Å². The molecule has 9 heterocycles. The van der Waals surface area contributed by atoms with Crippen molar-refractivity contribution in [3.05, 3.63) is 95.3 Å². The number of hydrogen-bond acceptors (Lipinski definition) is 19. The molecule has 6 aromatic rings. The molecule has 2 bridgehead atoms. The van der Waals surface area contributed by atoms with Crippen molar-refractivity contribution in [1.82, 2.24) is 45.4 Å². The lowest BCUT2D eigenvalue weighted by molar-refractivity contribution is -0.141. The second kappa shape index (κ2) is 22.8. The minimum Gasteiger partial charge on any atom is -0.507 e. The third-order valence-corrected chi connectivity index (χ3v) is 17.0. The lowest BCUT2D eigenvalue weighted by Gasteiger charge is -2.43. The predicted octanol–water partition coefficient (Wildman–Crippen LogP) is 6.69. The highest BCUT2D eigenvalue weighted by atomic mass is 32.1. The number of β-amino-alcohol motifs (C(OH)–C–C–N with tert-alkyl or cyclic N) is 1. The number of anilines is 3. The molecule has 22 heteroatoms. The van der Waals surface area contributed by atoms with Crippen molar-refractivity contribution >= 4 is 40.3 Å². The monoisotopic (exact) mass is 1090 g/mol. The maximum absolute atomic E-state index is 15.4. The second-order valence-electron chi connectivity index (χ2n) is 21.7. The molecule has 5 fully saturated rings. The number of amides is 2. The summed E-state index contributed by atoms with van der Waals surface area (Å²) in [7, 11) is 0. The molecule has 5 N–H and O–H groups in total. The molecule has 4 saturated heterocycles. The van der Waals surface area contributed by atoms with Crippen molar-refractivity contribution in [2.45, 2.75) is 127 Å². The Morgan fingerprint density at radius 2 is 1.69 bits per heavy atom. The summed E-state index contributed by atoms with van der Waals surface area (Å²) in [6.45, 7) is 11.6. The van der Waals surface area contributed by atoms with Crippen LogP contribution in [0.2, 0.25) is 0 Å². The Morgan fingerprint density at radius 1 is 0.910 bits per heavy atom. The number of fused-ring (bicyclic) bond motifs is 2. The molecule has 2 amide bonds. The fraction of sp³-hybridized carbons (Fsp3) is 0.500. The van der Waals surface area contributed by atoms with Crippen LogP contribution in [-0.4, -0.2) is 151 Å². The van der Waals surface area contributed by atoms with E-state index in [-0.39, 0.29) is 72.4 Å². The van der Waals surface area contributed by atoms with Crippen LogP contribution in [0, 0.1) is 18.7 Å². The standard InChI is InChI=1S/C56H67FN12O8S/c1-31(2)52(56(73)68-29-37(70)20-47(68)55(72)62-32(3)42-26-60-45(23-43(42)57)53-33(4)61-30-78-53)49-25-51(65-77-49)74-18-17-66-15-12-38(13-16-66)75-39-21-40(22-39)76-50-19-34(11-14-59-50)69-35-9-10-36(69)28-67(27-35)46-24-44(63-64-54(46)58)41-7-5-6-8-48(41)71/h5-8,11,14,19,23-26,30-32,35-40,47,52,70-71H,9-10,12-13,15-18,20-22,27-29H2,1-4H3,(H2,58,64)(H,62,72)/t32-,35-,36?,37-,39?,40?,47+,52-/m1/s1. The predicted molar refractivity (Wildman–Crippen MR) is 290 cm³/mol. The number of carbonyl (C=O) groups is 2. The van der Waals surface area contributed by atoms with Gasteiger partial charge in [-0.1, -0.05) is 26.0 Å². The largest absolute Gasteiger partial charge is 0.507 e. The lowest BCUT2D eigenvalue weighted by Crippen LogP contribution is -2.54. The second-order valence-corrected chi connectivity index (χ2v) is 22.6. The molecular formula is C56H67FN12O8S. The fourth-order valence-corrected chi connectivity index (χ4v) is 12.6. The fourth-order valence-electron chi connectivity index (χ4n) is 11.9. The molecule has 0 radical (unpaired) electrons. The molecule has 6 atom stereocenters. The molecule has 1 aromatic carbocycles. The number of aryl methyl sites for hydroxylation is 1. The number of hydrogen-bond donors (Lipinski definition) is 4. The van der Waals surface area contributed by atoms with E-state index in [2.05, 4.69) is 62.5 Å². The normalized spacial score (nSPS) is 23.3. The van der Waals surface area contributed by atoms with Crippen LogP contribution in [0.4, 0.5) is 21.6 Å². The number of aromatic nitrogens is 6. The number of halogens is 1. The minimum atomic E-state index is -0.977. The Hall–Kier alpha value is -7.01. The zero-order valence-corrected chi connectivity index (χ0v) is 45.1. The van der Waals surface area contributed by atoms with Crippen LogP contribution in [0.1, 0.15) is 94.7 Å². The van der Waals surface area contributed by atoms with Gasteiger partial charge in [0.15, 0.2) is 11.6 Å². The van der Waals surface area contributed by atoms with E-state index in [9.17, 15) is 19.8 Å². The van der Waals surface area contributed by atoms with E-state index in [4.69, 9.17) is 24.5 Å². The minimum absolute atomic E-state index is 0.0345. The van der Waals surface area contributed by atoms with E-state index in [1.165, 1.54) is 28.5 Å². The molecule has 1 unspecified atom stereocenters. The van der Waals surface area contributed by atoms with Gasteiger partial charge in [0.1, 0.15) is 36.2 Å². The number of phenols is 1. The van der Waals surface area contributed by atoms with E-state index in [0.717, 1.165) is 86.6 Å². The summed E-state index contributed by atoms with van der Waals surface area (Å²) in [6.07, 6.45) is 8.30. The maximum Gasteiger partial charge on any atom is 0.254 e. The highest BCUT2D eigenvalue weighted by Gasteiger charge is 2.45. The Morgan fingerprint density at radius 3 is 2.42 bits per heavy atom. The maximum atomic E-state index is 15.4. The number of nitrogens with one attached hydrogen (secondary N) is 1. The number of aromatic hydroxyl groups is 1. The van der Waals surface area contributed by atoms with Gasteiger partial charge in [0.2, 0.25) is 17.7 Å². The Kier molecular flexibility index (Phi) is 15.5. The van der Waals surface area contributed by atoms with Gasteiger partial charge in [0, 0.05) is 118 Å². The van der Waals surface area contributed by atoms with Gasteiger partial charge in [-0.15, -0.1) is 21.5 Å². The average Bonchev–Trinajstić information content (AvgIpc) is 4.23. The average molecular weight is 1090 g/mol. The number of pyridine rings is 2. The smallest absolute Gasteiger partial charge is 0.254 e. The van der Waals surface area contributed by atoms with Crippen molar-refractivity contribution in [2.75, 3.05) is 61.4 Å². The van der Waals surface area contributed by atoms with Crippen LogP contribution < -0.4 is 30.3 Å². The van der Waals surface area contributed by atoms with Crippen molar-refractivity contribution in [3.63, 3.8) is 0 Å². The van der Waals surface area contributed by atoms with Gasteiger partial charge in [0.25, 0.3) is 5.88 Å². The number of likely N-dealkylation sites (tertiary alicyclic amines) is 2. The number of nitrogens with two attached hydrogens (primary N) is 1. The van der Waals surface area contributed by atoms with Crippen LogP contribution in [0.5, 0.6) is 17.5 Å². The van der Waals surface area contributed by atoms with Crippen molar-refractivity contribution < 1.29 is 42.9 Å². The summed E-state index contributed by atoms with van der Waals surface area (Å²) in [5.41, 5.74) is 12.6. The van der Waals surface area contributed by atoms with Crippen molar-refractivity contribution in [2.24, 2.45) is 5.92 Å². The Labute approximate surface area is 456 Å². The zero-order chi connectivity index (χ0) is 54.2. The topological polar surface area (TPSA) is 244 Å². The quantitative estimate of drug-likeness (QED) is 0.0701. The number of para-hydroxylation sites is 1. The number of phenolic OH excluding ortho intramolecular Hbond substituents is 1. The molecule has 78 heavy (non-hydrogen) atoms. The first-order valence-corrected chi connectivity index (χ1v) is 28.0. The number of aliphatic hydroxyl groups excluding tert-OH is 1. The van der Waals surface area contributed by atoms with E-state index < -0.39 is 35.8 Å². The molecule has 4 aliphatic heterocycles. The van der Waals surface area contributed by atoms with Gasteiger partial charge in [-0.25, -0.2) is 14.4 Å². The van der Waals surface area contributed by atoms with Gasteiger partial charge >= 0.3 is 0 Å². The molecule has 412 valence electrons. The molecular weight excluding hydrogens is 1020 g/mol. The third-order valence-electron chi connectivity index (χ3n) is 16.0.